The molecule has 0 unspecified atom stereocenters. The van der Waals surface area contributed by atoms with Gasteiger partial charge in [-0.05, 0) is 12.5 Å². The second-order valence-corrected chi connectivity index (χ2v) is 4.32. The van der Waals surface area contributed by atoms with Gasteiger partial charge in [0.2, 0.25) is 0 Å². The van der Waals surface area contributed by atoms with Gasteiger partial charge in [0.05, 0.1) is 9.72 Å². The van der Waals surface area contributed by atoms with E-state index in [-0.39, 0.29) is 5.82 Å². The van der Waals surface area contributed by atoms with Gasteiger partial charge in [-0.15, -0.1) is 11.3 Å². The van der Waals surface area contributed by atoms with E-state index in [9.17, 15) is 4.39 Å². The molecule has 68 valence electrons. The topological polar surface area (TPSA) is 0 Å². The standard InChI is InChI=1S/C10H8ClFS/c1-2-8-9(12)6-4-3-5-7(11)10(6)13-8/h3-5H,2H2,1H3. The molecule has 0 N–H and O–H groups in total. The van der Waals surface area contributed by atoms with E-state index in [2.05, 4.69) is 0 Å². The molecule has 0 spiro atoms. The first-order valence-corrected chi connectivity index (χ1v) is 5.29. The highest BCUT2D eigenvalue weighted by Crippen LogP contribution is 2.34. The molecule has 2 aromatic rings. The lowest BCUT2D eigenvalue weighted by Crippen LogP contribution is -1.76. The van der Waals surface area contributed by atoms with Gasteiger partial charge in [-0.2, -0.15) is 0 Å². The molecule has 0 radical (unpaired) electrons. The van der Waals surface area contributed by atoms with Gasteiger partial charge in [0.25, 0.3) is 0 Å². The number of hydrogen-bond donors (Lipinski definition) is 0. The minimum atomic E-state index is -0.106. The third-order valence-corrected chi connectivity index (χ3v) is 3.78. The van der Waals surface area contributed by atoms with Crippen LogP contribution in [0.5, 0.6) is 0 Å². The van der Waals surface area contributed by atoms with E-state index in [0.29, 0.717) is 10.4 Å². The molecule has 0 fully saturated rings. The molecule has 0 amide bonds. The van der Waals surface area contributed by atoms with Crippen molar-refractivity contribution in [3.63, 3.8) is 0 Å². The number of thiophene rings is 1. The van der Waals surface area contributed by atoms with Crippen LogP contribution in [0.1, 0.15) is 11.8 Å². The molecule has 1 heterocycles. The van der Waals surface area contributed by atoms with E-state index in [1.165, 1.54) is 11.3 Å². The van der Waals surface area contributed by atoms with Crippen LogP contribution in [0.15, 0.2) is 18.2 Å². The van der Waals surface area contributed by atoms with E-state index < -0.39 is 0 Å². The van der Waals surface area contributed by atoms with Gasteiger partial charge in [0.15, 0.2) is 0 Å². The van der Waals surface area contributed by atoms with Gasteiger partial charge < -0.3 is 0 Å². The maximum atomic E-state index is 13.6. The highest BCUT2D eigenvalue weighted by molar-refractivity contribution is 7.19. The Labute approximate surface area is 85.0 Å². The lowest BCUT2D eigenvalue weighted by atomic mass is 10.2. The van der Waals surface area contributed by atoms with Gasteiger partial charge in [-0.25, -0.2) is 4.39 Å². The summed E-state index contributed by atoms with van der Waals surface area (Å²) in [6.07, 6.45) is 0.724. The van der Waals surface area contributed by atoms with Crippen molar-refractivity contribution in [2.75, 3.05) is 0 Å². The van der Waals surface area contributed by atoms with E-state index in [1.807, 2.05) is 6.92 Å². The molecule has 0 bridgehead atoms. The molecule has 0 saturated heterocycles. The maximum absolute atomic E-state index is 13.6. The minimum Gasteiger partial charge on any atom is -0.205 e. The van der Waals surface area contributed by atoms with Crippen LogP contribution in [0, 0.1) is 5.82 Å². The van der Waals surface area contributed by atoms with Crippen LogP contribution >= 0.6 is 22.9 Å². The number of fused-ring (bicyclic) bond motifs is 1. The predicted molar refractivity (Wildman–Crippen MR) is 56.2 cm³/mol. The summed E-state index contributed by atoms with van der Waals surface area (Å²) in [6, 6.07) is 5.34. The van der Waals surface area contributed by atoms with Crippen LogP contribution in [-0.2, 0) is 6.42 Å². The molecule has 0 aliphatic carbocycles. The Hall–Kier alpha value is -0.600. The van der Waals surface area contributed by atoms with Crippen LogP contribution in [-0.4, -0.2) is 0 Å². The van der Waals surface area contributed by atoms with Crippen molar-refractivity contribution in [3.05, 3.63) is 33.9 Å². The van der Waals surface area contributed by atoms with Crippen molar-refractivity contribution in [3.8, 4) is 0 Å². The SMILES string of the molecule is CCc1sc2c(Cl)cccc2c1F. The quantitative estimate of drug-likeness (QED) is 0.666. The van der Waals surface area contributed by atoms with E-state index in [4.69, 9.17) is 11.6 Å². The third-order valence-electron chi connectivity index (χ3n) is 1.99. The zero-order chi connectivity index (χ0) is 9.42. The van der Waals surface area contributed by atoms with Gasteiger partial charge in [0, 0.05) is 10.3 Å². The van der Waals surface area contributed by atoms with Crippen LogP contribution in [0.25, 0.3) is 10.1 Å². The fourth-order valence-electron chi connectivity index (χ4n) is 1.33. The maximum Gasteiger partial charge on any atom is 0.144 e. The van der Waals surface area contributed by atoms with E-state index in [1.54, 1.807) is 18.2 Å². The summed E-state index contributed by atoms with van der Waals surface area (Å²) >= 11 is 7.39. The van der Waals surface area contributed by atoms with Crippen LogP contribution < -0.4 is 0 Å². The fourth-order valence-corrected chi connectivity index (χ4v) is 2.64. The second kappa shape index (κ2) is 3.28. The predicted octanol–water partition coefficient (Wildman–Crippen LogP) is 4.26. The number of aryl methyl sites for hydroxylation is 1. The lowest BCUT2D eigenvalue weighted by Gasteiger charge is -1.90. The van der Waals surface area contributed by atoms with Crippen molar-refractivity contribution in [2.45, 2.75) is 13.3 Å². The summed E-state index contributed by atoms with van der Waals surface area (Å²) < 4.78 is 14.4. The van der Waals surface area contributed by atoms with Crippen molar-refractivity contribution >= 4 is 33.0 Å². The fraction of sp³-hybridized carbons (Fsp3) is 0.200. The van der Waals surface area contributed by atoms with Crippen LogP contribution in [0.3, 0.4) is 0 Å². The molecule has 0 nitrogen and oxygen atoms in total. The Bertz CT molecular complexity index is 447. The molecule has 0 aliphatic heterocycles. The summed E-state index contributed by atoms with van der Waals surface area (Å²) in [4.78, 5) is 0.781. The van der Waals surface area contributed by atoms with Crippen molar-refractivity contribution < 1.29 is 4.39 Å². The normalized spacial score (nSPS) is 11.0. The van der Waals surface area contributed by atoms with Crippen molar-refractivity contribution in [2.24, 2.45) is 0 Å². The molecular formula is C10H8ClFS. The Morgan fingerprint density at radius 1 is 1.46 bits per heavy atom. The monoisotopic (exact) mass is 214 g/mol. The third kappa shape index (κ3) is 1.34. The first-order chi connectivity index (χ1) is 6.24. The van der Waals surface area contributed by atoms with Crippen LogP contribution in [0.4, 0.5) is 4.39 Å². The van der Waals surface area contributed by atoms with Gasteiger partial charge >= 0.3 is 0 Å². The second-order valence-electron chi connectivity index (χ2n) is 2.81. The number of rotatable bonds is 1. The average Bonchev–Trinajstić information content (AvgIpc) is 2.45. The number of hydrogen-bond acceptors (Lipinski definition) is 1. The molecule has 1 aromatic carbocycles. The first-order valence-electron chi connectivity index (χ1n) is 4.09. The Morgan fingerprint density at radius 2 is 2.23 bits per heavy atom. The molecule has 3 heteroatoms. The first kappa shape index (κ1) is 8.97. The van der Waals surface area contributed by atoms with E-state index in [0.717, 1.165) is 16.0 Å². The summed E-state index contributed by atoms with van der Waals surface area (Å²) in [7, 11) is 0. The van der Waals surface area contributed by atoms with Gasteiger partial charge in [-0.1, -0.05) is 30.7 Å². The molecule has 2 rings (SSSR count). The zero-order valence-electron chi connectivity index (χ0n) is 7.10. The highest BCUT2D eigenvalue weighted by atomic mass is 35.5. The number of benzene rings is 1. The smallest absolute Gasteiger partial charge is 0.144 e. The van der Waals surface area contributed by atoms with Crippen molar-refractivity contribution in [1.29, 1.82) is 0 Å². The Kier molecular flexibility index (Phi) is 2.26. The van der Waals surface area contributed by atoms with Crippen molar-refractivity contribution in [1.82, 2.24) is 0 Å². The minimum absolute atomic E-state index is 0.106. The summed E-state index contributed by atoms with van der Waals surface area (Å²) in [5, 5.41) is 1.29. The molecule has 0 saturated carbocycles. The average molecular weight is 215 g/mol. The Morgan fingerprint density at radius 3 is 2.85 bits per heavy atom. The largest absolute Gasteiger partial charge is 0.205 e. The molecule has 0 atom stereocenters. The van der Waals surface area contributed by atoms with Gasteiger partial charge in [0.1, 0.15) is 5.82 Å². The zero-order valence-corrected chi connectivity index (χ0v) is 8.68. The molecule has 1 aromatic heterocycles. The summed E-state index contributed by atoms with van der Waals surface area (Å²) in [5.41, 5.74) is 0. The highest BCUT2D eigenvalue weighted by Gasteiger charge is 2.11. The Balaban J connectivity index is 2.83. The summed E-state index contributed by atoms with van der Waals surface area (Å²) in [5.74, 6) is -0.106. The molecular weight excluding hydrogens is 207 g/mol. The lowest BCUT2D eigenvalue weighted by molar-refractivity contribution is 0.631. The number of halogens is 2. The molecule has 13 heavy (non-hydrogen) atoms. The molecule has 0 aliphatic rings. The van der Waals surface area contributed by atoms with E-state index >= 15 is 0 Å². The van der Waals surface area contributed by atoms with Crippen LogP contribution in [0.2, 0.25) is 5.02 Å². The summed E-state index contributed by atoms with van der Waals surface area (Å²) in [6.45, 7) is 1.95. The van der Waals surface area contributed by atoms with Gasteiger partial charge in [-0.3, -0.25) is 0 Å².